The number of benzene rings is 1. The smallest absolute Gasteiger partial charge is 0.251 e. The SMILES string of the molecule is CC(=O)Nc1ccc(Br)cc1NC(=O)Cn1cc(Br)ccc1=O. The van der Waals surface area contributed by atoms with Crippen molar-refractivity contribution in [2.45, 2.75) is 13.5 Å². The molecule has 6 nitrogen and oxygen atoms in total. The van der Waals surface area contributed by atoms with Crippen molar-refractivity contribution in [2.24, 2.45) is 0 Å². The molecule has 23 heavy (non-hydrogen) atoms. The van der Waals surface area contributed by atoms with Gasteiger partial charge in [0.2, 0.25) is 11.8 Å². The third-order valence-corrected chi connectivity index (χ3v) is 3.79. The van der Waals surface area contributed by atoms with E-state index in [4.69, 9.17) is 0 Å². The highest BCUT2D eigenvalue weighted by molar-refractivity contribution is 9.10. The van der Waals surface area contributed by atoms with Crippen LogP contribution in [0.2, 0.25) is 0 Å². The number of rotatable bonds is 4. The molecule has 0 saturated heterocycles. The highest BCUT2D eigenvalue weighted by atomic mass is 79.9. The van der Waals surface area contributed by atoms with Gasteiger partial charge in [-0.1, -0.05) is 15.9 Å². The Morgan fingerprint density at radius 1 is 1.04 bits per heavy atom. The van der Waals surface area contributed by atoms with Crippen molar-refractivity contribution in [3.05, 3.63) is 55.8 Å². The number of pyridine rings is 1. The van der Waals surface area contributed by atoms with Gasteiger partial charge in [0, 0.05) is 28.1 Å². The Morgan fingerprint density at radius 2 is 1.74 bits per heavy atom. The Bertz CT molecular complexity index is 818. The van der Waals surface area contributed by atoms with Crippen LogP contribution >= 0.6 is 31.9 Å². The fourth-order valence-corrected chi connectivity index (χ4v) is 2.63. The van der Waals surface area contributed by atoms with Gasteiger partial charge in [0.15, 0.2) is 0 Å². The number of amides is 2. The summed E-state index contributed by atoms with van der Waals surface area (Å²) in [6.07, 6.45) is 1.54. The van der Waals surface area contributed by atoms with E-state index in [-0.39, 0.29) is 23.9 Å². The van der Waals surface area contributed by atoms with Crippen molar-refractivity contribution < 1.29 is 9.59 Å². The second kappa shape index (κ2) is 7.56. The molecule has 0 bridgehead atoms. The number of hydrogen-bond donors (Lipinski definition) is 2. The summed E-state index contributed by atoms with van der Waals surface area (Å²) in [5.74, 6) is -0.624. The lowest BCUT2D eigenvalue weighted by Gasteiger charge is -2.13. The first kappa shape index (κ1) is 17.4. The van der Waals surface area contributed by atoms with Gasteiger partial charge in [-0.15, -0.1) is 0 Å². The van der Waals surface area contributed by atoms with Gasteiger partial charge in [0.05, 0.1) is 11.4 Å². The van der Waals surface area contributed by atoms with Crippen LogP contribution in [-0.2, 0) is 16.1 Å². The topological polar surface area (TPSA) is 80.2 Å². The van der Waals surface area contributed by atoms with Gasteiger partial charge in [-0.25, -0.2) is 0 Å². The van der Waals surface area contributed by atoms with E-state index >= 15 is 0 Å². The molecule has 2 amide bonds. The van der Waals surface area contributed by atoms with Crippen LogP contribution in [0.4, 0.5) is 11.4 Å². The van der Waals surface area contributed by atoms with Crippen LogP contribution < -0.4 is 16.2 Å². The Hall–Kier alpha value is -1.93. The largest absolute Gasteiger partial charge is 0.325 e. The van der Waals surface area contributed by atoms with Gasteiger partial charge in [0.1, 0.15) is 6.54 Å². The monoisotopic (exact) mass is 441 g/mol. The van der Waals surface area contributed by atoms with Crippen molar-refractivity contribution in [2.75, 3.05) is 10.6 Å². The Morgan fingerprint density at radius 3 is 2.43 bits per heavy atom. The van der Waals surface area contributed by atoms with E-state index < -0.39 is 0 Å². The van der Waals surface area contributed by atoms with E-state index in [0.717, 1.165) is 4.47 Å². The van der Waals surface area contributed by atoms with Crippen LogP contribution in [0.15, 0.2) is 50.3 Å². The van der Waals surface area contributed by atoms with Gasteiger partial charge < -0.3 is 15.2 Å². The van der Waals surface area contributed by atoms with Crippen molar-refractivity contribution in [3.63, 3.8) is 0 Å². The first-order valence-corrected chi connectivity index (χ1v) is 8.17. The summed E-state index contributed by atoms with van der Waals surface area (Å²) in [4.78, 5) is 35.1. The van der Waals surface area contributed by atoms with Crippen LogP contribution in [0.1, 0.15) is 6.92 Å². The fourth-order valence-electron chi connectivity index (χ4n) is 1.89. The predicted octanol–water partition coefficient (Wildman–Crippen LogP) is 2.97. The van der Waals surface area contributed by atoms with Gasteiger partial charge in [-0.2, -0.15) is 0 Å². The molecular formula is C15H13Br2N3O3. The molecule has 0 aliphatic rings. The zero-order valence-corrected chi connectivity index (χ0v) is 15.3. The third-order valence-electron chi connectivity index (χ3n) is 2.83. The van der Waals surface area contributed by atoms with Crippen LogP contribution in [0.25, 0.3) is 0 Å². The molecule has 0 fully saturated rings. The first-order valence-electron chi connectivity index (χ1n) is 6.58. The number of anilines is 2. The Labute approximate surface area is 149 Å². The quantitative estimate of drug-likeness (QED) is 0.763. The summed E-state index contributed by atoms with van der Waals surface area (Å²) in [5.41, 5.74) is 0.651. The minimum Gasteiger partial charge on any atom is -0.325 e. The number of carbonyl (C=O) groups is 2. The maximum atomic E-state index is 12.2. The normalized spacial score (nSPS) is 10.2. The number of nitrogens with zero attached hydrogens (tertiary/aromatic N) is 1. The number of hydrogen-bond acceptors (Lipinski definition) is 3. The molecule has 2 rings (SSSR count). The molecule has 2 N–H and O–H groups in total. The highest BCUT2D eigenvalue weighted by Gasteiger charge is 2.10. The standard InChI is InChI=1S/C15H13Br2N3O3/c1-9(21)18-12-4-2-10(16)6-13(12)19-14(22)8-20-7-11(17)3-5-15(20)23/h2-7H,8H2,1H3,(H,18,21)(H,19,22). The molecule has 0 aliphatic heterocycles. The second-order valence-electron chi connectivity index (χ2n) is 4.73. The molecule has 0 saturated carbocycles. The summed E-state index contributed by atoms with van der Waals surface area (Å²) in [6.45, 7) is 1.25. The van der Waals surface area contributed by atoms with Crippen LogP contribution in [0, 0.1) is 0 Å². The average molecular weight is 443 g/mol. The summed E-state index contributed by atoms with van der Waals surface area (Å²) in [7, 11) is 0. The van der Waals surface area contributed by atoms with Gasteiger partial charge in [-0.05, 0) is 40.2 Å². The minimum absolute atomic E-state index is 0.135. The van der Waals surface area contributed by atoms with Gasteiger partial charge in [0.25, 0.3) is 5.56 Å². The van der Waals surface area contributed by atoms with E-state index in [1.807, 2.05) is 0 Å². The van der Waals surface area contributed by atoms with Crippen molar-refractivity contribution in [3.8, 4) is 0 Å². The maximum Gasteiger partial charge on any atom is 0.251 e. The Balaban J connectivity index is 2.19. The molecular weight excluding hydrogens is 430 g/mol. The minimum atomic E-state index is -0.380. The van der Waals surface area contributed by atoms with Crippen molar-refractivity contribution >= 4 is 55.0 Å². The number of aromatic nitrogens is 1. The van der Waals surface area contributed by atoms with Crippen molar-refractivity contribution in [1.82, 2.24) is 4.57 Å². The zero-order valence-electron chi connectivity index (χ0n) is 12.1. The third kappa shape index (κ3) is 5.04. The Kier molecular flexibility index (Phi) is 5.73. The van der Waals surface area contributed by atoms with E-state index in [0.29, 0.717) is 15.8 Å². The molecule has 1 aromatic heterocycles. The number of carbonyl (C=O) groups excluding carboxylic acids is 2. The summed E-state index contributed by atoms with van der Waals surface area (Å²) >= 11 is 6.57. The molecule has 1 aromatic carbocycles. The number of nitrogens with one attached hydrogen (secondary N) is 2. The summed E-state index contributed by atoms with van der Waals surface area (Å²) in [5, 5.41) is 5.33. The van der Waals surface area contributed by atoms with Gasteiger partial charge >= 0.3 is 0 Å². The molecule has 120 valence electrons. The summed E-state index contributed by atoms with van der Waals surface area (Å²) < 4.78 is 2.74. The van der Waals surface area contributed by atoms with Crippen molar-refractivity contribution in [1.29, 1.82) is 0 Å². The molecule has 0 aliphatic carbocycles. The fraction of sp³-hybridized carbons (Fsp3) is 0.133. The molecule has 0 unspecified atom stereocenters. The molecule has 8 heteroatoms. The van der Waals surface area contributed by atoms with E-state index in [9.17, 15) is 14.4 Å². The first-order chi connectivity index (χ1) is 10.8. The number of halogens is 2. The average Bonchev–Trinajstić information content (AvgIpc) is 2.45. The highest BCUT2D eigenvalue weighted by Crippen LogP contribution is 2.26. The molecule has 2 aromatic rings. The molecule has 1 heterocycles. The van der Waals surface area contributed by atoms with Gasteiger partial charge in [-0.3, -0.25) is 14.4 Å². The lowest BCUT2D eigenvalue weighted by molar-refractivity contribution is -0.117. The maximum absolute atomic E-state index is 12.2. The van der Waals surface area contributed by atoms with E-state index in [1.165, 1.54) is 23.8 Å². The summed E-state index contributed by atoms with van der Waals surface area (Å²) in [6, 6.07) is 8.08. The van der Waals surface area contributed by atoms with Crippen LogP contribution in [-0.4, -0.2) is 16.4 Å². The second-order valence-corrected chi connectivity index (χ2v) is 6.56. The zero-order chi connectivity index (χ0) is 17.0. The molecule has 0 atom stereocenters. The molecule has 0 radical (unpaired) electrons. The molecule has 0 spiro atoms. The van der Waals surface area contributed by atoms with Crippen LogP contribution in [0.5, 0.6) is 0 Å². The van der Waals surface area contributed by atoms with E-state index in [2.05, 4.69) is 42.5 Å². The van der Waals surface area contributed by atoms with E-state index in [1.54, 1.807) is 24.3 Å². The predicted molar refractivity (Wildman–Crippen MR) is 95.5 cm³/mol. The lowest BCUT2D eigenvalue weighted by Crippen LogP contribution is -2.27. The lowest BCUT2D eigenvalue weighted by atomic mass is 10.2. The van der Waals surface area contributed by atoms with Crippen LogP contribution in [0.3, 0.4) is 0 Å².